The summed E-state index contributed by atoms with van der Waals surface area (Å²) in [6.45, 7) is 1.23. The fraction of sp³-hybridized carbons (Fsp3) is 0.462. The Bertz CT molecular complexity index is 427. The van der Waals surface area contributed by atoms with Crippen molar-refractivity contribution in [3.05, 3.63) is 23.8 Å². The lowest BCUT2D eigenvalue weighted by molar-refractivity contribution is -0.144. The zero-order chi connectivity index (χ0) is 13.0. The second kappa shape index (κ2) is 5.73. The molecule has 1 aliphatic rings. The minimum Gasteiger partial charge on any atom is -0.493 e. The Hall–Kier alpha value is -1.75. The number of carbonyl (C=O) groups excluding carboxylic acids is 1. The molecule has 0 spiro atoms. The number of amides is 1. The van der Waals surface area contributed by atoms with E-state index in [0.29, 0.717) is 30.2 Å². The Morgan fingerprint density at radius 3 is 2.61 bits per heavy atom. The minimum absolute atomic E-state index is 0.143. The Balaban J connectivity index is 2.19. The molecule has 98 valence electrons. The molecule has 1 amide bonds. The van der Waals surface area contributed by atoms with Crippen LogP contribution in [0.2, 0.25) is 0 Å². The summed E-state index contributed by atoms with van der Waals surface area (Å²) < 4.78 is 10.3. The van der Waals surface area contributed by atoms with Crippen molar-refractivity contribution in [2.45, 2.75) is 12.8 Å². The molecule has 0 aromatic heterocycles. The fourth-order valence-electron chi connectivity index (χ4n) is 1.87. The van der Waals surface area contributed by atoms with Crippen LogP contribution in [0.1, 0.15) is 23.2 Å². The molecule has 1 saturated heterocycles. The summed E-state index contributed by atoms with van der Waals surface area (Å²) in [5, 5.41) is 1.41. The summed E-state index contributed by atoms with van der Waals surface area (Å²) in [5.74, 6) is 1.00. The van der Waals surface area contributed by atoms with Gasteiger partial charge in [0.05, 0.1) is 20.8 Å². The molecule has 5 nitrogen and oxygen atoms in total. The van der Waals surface area contributed by atoms with Crippen molar-refractivity contribution in [2.24, 2.45) is 0 Å². The first-order chi connectivity index (χ1) is 8.76. The second-order valence-corrected chi connectivity index (χ2v) is 4.02. The summed E-state index contributed by atoms with van der Waals surface area (Å²) >= 11 is 0. The van der Waals surface area contributed by atoms with Crippen LogP contribution in [0.3, 0.4) is 0 Å². The van der Waals surface area contributed by atoms with E-state index in [0.717, 1.165) is 12.8 Å². The van der Waals surface area contributed by atoms with Gasteiger partial charge in [-0.3, -0.25) is 9.63 Å². The van der Waals surface area contributed by atoms with Gasteiger partial charge in [0.2, 0.25) is 0 Å². The molecule has 0 unspecified atom stereocenters. The number of nitrogens with zero attached hydrogens (tertiary/aromatic N) is 1. The number of methoxy groups -OCH3 is 2. The van der Waals surface area contributed by atoms with E-state index in [-0.39, 0.29) is 5.91 Å². The lowest BCUT2D eigenvalue weighted by Crippen LogP contribution is -2.35. The first-order valence-electron chi connectivity index (χ1n) is 5.93. The first-order valence-corrected chi connectivity index (χ1v) is 5.93. The van der Waals surface area contributed by atoms with E-state index in [9.17, 15) is 4.79 Å². The van der Waals surface area contributed by atoms with Crippen LogP contribution in [0, 0.1) is 0 Å². The zero-order valence-corrected chi connectivity index (χ0v) is 10.6. The van der Waals surface area contributed by atoms with E-state index >= 15 is 0 Å². The minimum atomic E-state index is -0.143. The van der Waals surface area contributed by atoms with E-state index < -0.39 is 0 Å². The van der Waals surface area contributed by atoms with Gasteiger partial charge in [-0.1, -0.05) is 0 Å². The van der Waals surface area contributed by atoms with Gasteiger partial charge in [-0.05, 0) is 31.0 Å². The predicted molar refractivity (Wildman–Crippen MR) is 65.8 cm³/mol. The Kier molecular flexibility index (Phi) is 4.04. The number of rotatable bonds is 3. The summed E-state index contributed by atoms with van der Waals surface area (Å²) in [7, 11) is 3.11. The fourth-order valence-corrected chi connectivity index (χ4v) is 1.87. The van der Waals surface area contributed by atoms with E-state index in [4.69, 9.17) is 14.3 Å². The number of hydrogen-bond acceptors (Lipinski definition) is 4. The number of hydroxylamine groups is 2. The van der Waals surface area contributed by atoms with Crippen LogP contribution in [-0.4, -0.2) is 38.3 Å². The SMILES string of the molecule is COc1ccc(C(=O)N2CCCCO2)cc1OC. The molecule has 1 heterocycles. The van der Waals surface area contributed by atoms with Gasteiger partial charge >= 0.3 is 0 Å². The molecule has 0 atom stereocenters. The number of hydrogen-bond donors (Lipinski definition) is 0. The quantitative estimate of drug-likeness (QED) is 0.823. The maximum Gasteiger partial charge on any atom is 0.277 e. The molecule has 0 bridgehead atoms. The van der Waals surface area contributed by atoms with Gasteiger partial charge in [-0.25, -0.2) is 5.06 Å². The monoisotopic (exact) mass is 251 g/mol. The third-order valence-electron chi connectivity index (χ3n) is 2.86. The molecule has 1 aromatic rings. The molecular formula is C13H17NO4. The van der Waals surface area contributed by atoms with Crippen molar-refractivity contribution >= 4 is 5.91 Å². The predicted octanol–water partition coefficient (Wildman–Crippen LogP) is 1.87. The van der Waals surface area contributed by atoms with Crippen LogP contribution in [0.5, 0.6) is 11.5 Å². The molecule has 2 rings (SSSR count). The molecule has 18 heavy (non-hydrogen) atoms. The lowest BCUT2D eigenvalue weighted by atomic mass is 10.1. The number of benzene rings is 1. The first kappa shape index (κ1) is 12.7. The van der Waals surface area contributed by atoms with Crippen LogP contribution in [-0.2, 0) is 4.84 Å². The van der Waals surface area contributed by atoms with Crippen LogP contribution in [0.4, 0.5) is 0 Å². The van der Waals surface area contributed by atoms with Gasteiger partial charge in [-0.15, -0.1) is 0 Å². The van der Waals surface area contributed by atoms with Crippen molar-refractivity contribution in [3.8, 4) is 11.5 Å². The van der Waals surface area contributed by atoms with Crippen LogP contribution >= 0.6 is 0 Å². The molecule has 0 radical (unpaired) electrons. The van der Waals surface area contributed by atoms with E-state index in [1.54, 1.807) is 32.4 Å². The Morgan fingerprint density at radius 1 is 1.22 bits per heavy atom. The van der Waals surface area contributed by atoms with Crippen molar-refractivity contribution < 1.29 is 19.1 Å². The van der Waals surface area contributed by atoms with Crippen molar-refractivity contribution in [1.82, 2.24) is 5.06 Å². The van der Waals surface area contributed by atoms with Gasteiger partial charge in [0, 0.05) is 12.1 Å². The molecule has 5 heteroatoms. The topological polar surface area (TPSA) is 48.0 Å². The smallest absolute Gasteiger partial charge is 0.277 e. The molecule has 0 saturated carbocycles. The second-order valence-electron chi connectivity index (χ2n) is 4.02. The third kappa shape index (κ3) is 2.56. The Labute approximate surface area is 106 Å². The average molecular weight is 251 g/mol. The third-order valence-corrected chi connectivity index (χ3v) is 2.86. The van der Waals surface area contributed by atoms with Crippen molar-refractivity contribution in [3.63, 3.8) is 0 Å². The van der Waals surface area contributed by atoms with E-state index in [1.165, 1.54) is 5.06 Å². The highest BCUT2D eigenvalue weighted by atomic mass is 16.7. The highest BCUT2D eigenvalue weighted by molar-refractivity contribution is 5.94. The van der Waals surface area contributed by atoms with Gasteiger partial charge < -0.3 is 9.47 Å². The van der Waals surface area contributed by atoms with Gasteiger partial charge in [0.25, 0.3) is 5.91 Å². The Morgan fingerprint density at radius 2 is 2.00 bits per heavy atom. The summed E-state index contributed by atoms with van der Waals surface area (Å²) in [4.78, 5) is 17.5. The molecule has 0 aliphatic carbocycles. The molecule has 1 fully saturated rings. The zero-order valence-electron chi connectivity index (χ0n) is 10.6. The van der Waals surface area contributed by atoms with E-state index in [1.807, 2.05) is 0 Å². The van der Waals surface area contributed by atoms with Crippen LogP contribution in [0.25, 0.3) is 0 Å². The number of carbonyl (C=O) groups is 1. The van der Waals surface area contributed by atoms with Gasteiger partial charge in [0.15, 0.2) is 11.5 Å². The van der Waals surface area contributed by atoms with Gasteiger partial charge in [-0.2, -0.15) is 0 Å². The van der Waals surface area contributed by atoms with Crippen LogP contribution in [0.15, 0.2) is 18.2 Å². The molecule has 1 aliphatic heterocycles. The highest BCUT2D eigenvalue weighted by Crippen LogP contribution is 2.28. The summed E-state index contributed by atoms with van der Waals surface area (Å²) in [5.41, 5.74) is 0.537. The van der Waals surface area contributed by atoms with Crippen molar-refractivity contribution in [1.29, 1.82) is 0 Å². The normalized spacial score (nSPS) is 15.3. The van der Waals surface area contributed by atoms with Crippen molar-refractivity contribution in [2.75, 3.05) is 27.4 Å². The lowest BCUT2D eigenvalue weighted by Gasteiger charge is -2.26. The van der Waals surface area contributed by atoms with Gasteiger partial charge in [0.1, 0.15) is 0 Å². The molecule has 1 aromatic carbocycles. The summed E-state index contributed by atoms with van der Waals surface area (Å²) in [6.07, 6.45) is 1.97. The summed E-state index contributed by atoms with van der Waals surface area (Å²) in [6, 6.07) is 5.09. The maximum absolute atomic E-state index is 12.2. The standard InChI is InChI=1S/C13H17NO4/c1-16-11-6-5-10(9-12(11)17-2)13(15)14-7-3-4-8-18-14/h5-6,9H,3-4,7-8H2,1-2H3. The van der Waals surface area contributed by atoms with Crippen LogP contribution < -0.4 is 9.47 Å². The molecule has 0 N–H and O–H groups in total. The highest BCUT2D eigenvalue weighted by Gasteiger charge is 2.20. The average Bonchev–Trinajstić information content (AvgIpc) is 2.46. The number of ether oxygens (including phenoxy) is 2. The largest absolute Gasteiger partial charge is 0.493 e. The maximum atomic E-state index is 12.2. The molecular weight excluding hydrogens is 234 g/mol. The van der Waals surface area contributed by atoms with E-state index in [2.05, 4.69) is 0 Å².